The standard InChI is InChI=1S/C30H32N2O6S/c1-6-7-11-20-14-21-25(36-16-22(27(21)33)23-17-39-18(2)31-23)15-24(20)37-28(34)26(19-12-9-8-10-13-19)32-29(35)38-30(3,4)5/h8-10,12-17,26H,6-7,11H2,1-5H3,(H,32,35)/t26-/m0/s1. The van der Waals surface area contributed by atoms with Gasteiger partial charge in [-0.25, -0.2) is 14.6 Å². The molecule has 0 saturated heterocycles. The number of carbonyl (C=O) groups excluding carboxylic acids is 2. The lowest BCUT2D eigenvalue weighted by Crippen LogP contribution is -2.39. The van der Waals surface area contributed by atoms with Crippen molar-refractivity contribution in [3.63, 3.8) is 0 Å². The van der Waals surface area contributed by atoms with Gasteiger partial charge in [0.25, 0.3) is 0 Å². The second-order valence-corrected chi connectivity index (χ2v) is 11.3. The molecule has 0 spiro atoms. The Morgan fingerprint density at radius 2 is 1.90 bits per heavy atom. The Morgan fingerprint density at radius 1 is 1.15 bits per heavy atom. The topological polar surface area (TPSA) is 108 Å². The zero-order chi connectivity index (χ0) is 28.2. The SMILES string of the molecule is CCCCc1cc2c(=O)c(-c3csc(C)n3)coc2cc1OC(=O)[C@@H](NC(=O)OC(C)(C)C)c1ccccc1. The van der Waals surface area contributed by atoms with Gasteiger partial charge < -0.3 is 19.2 Å². The first-order valence-electron chi connectivity index (χ1n) is 12.8. The average molecular weight is 549 g/mol. The third kappa shape index (κ3) is 6.92. The number of rotatable bonds is 8. The molecule has 9 heteroatoms. The van der Waals surface area contributed by atoms with Crippen LogP contribution in [0.2, 0.25) is 0 Å². The summed E-state index contributed by atoms with van der Waals surface area (Å²) in [5, 5.41) is 5.69. The summed E-state index contributed by atoms with van der Waals surface area (Å²) in [7, 11) is 0. The Balaban J connectivity index is 1.71. The first-order chi connectivity index (χ1) is 18.6. The maximum atomic E-state index is 13.5. The molecule has 8 nitrogen and oxygen atoms in total. The quantitative estimate of drug-likeness (QED) is 0.192. The molecule has 0 fully saturated rings. The predicted molar refractivity (Wildman–Crippen MR) is 151 cm³/mol. The summed E-state index contributed by atoms with van der Waals surface area (Å²) in [5.74, 6) is -0.422. The van der Waals surface area contributed by atoms with Crippen molar-refractivity contribution in [3.05, 3.63) is 80.5 Å². The highest BCUT2D eigenvalue weighted by Crippen LogP contribution is 2.30. The molecule has 4 aromatic rings. The molecule has 204 valence electrons. The van der Waals surface area contributed by atoms with E-state index in [9.17, 15) is 14.4 Å². The summed E-state index contributed by atoms with van der Waals surface area (Å²) in [6.07, 6.45) is 2.96. The fourth-order valence-corrected chi connectivity index (χ4v) is 4.65. The fraction of sp³-hybridized carbons (Fsp3) is 0.333. The number of thiazole rings is 1. The minimum Gasteiger partial charge on any atom is -0.463 e. The molecule has 0 bridgehead atoms. The van der Waals surface area contributed by atoms with Crippen LogP contribution in [0.4, 0.5) is 4.79 Å². The number of esters is 1. The van der Waals surface area contributed by atoms with Gasteiger partial charge in [0.15, 0.2) is 6.04 Å². The highest BCUT2D eigenvalue weighted by Gasteiger charge is 2.28. The van der Waals surface area contributed by atoms with Crippen molar-refractivity contribution in [3.8, 4) is 17.0 Å². The summed E-state index contributed by atoms with van der Waals surface area (Å²) in [6, 6.07) is 11.0. The van der Waals surface area contributed by atoms with Crippen LogP contribution in [0.25, 0.3) is 22.2 Å². The van der Waals surface area contributed by atoms with Crippen LogP contribution >= 0.6 is 11.3 Å². The van der Waals surface area contributed by atoms with Crippen molar-refractivity contribution in [2.24, 2.45) is 0 Å². The van der Waals surface area contributed by atoms with Gasteiger partial charge >= 0.3 is 12.1 Å². The molecule has 0 aliphatic heterocycles. The van der Waals surface area contributed by atoms with Gasteiger partial charge in [-0.05, 0) is 57.7 Å². The van der Waals surface area contributed by atoms with Crippen LogP contribution in [-0.4, -0.2) is 22.6 Å². The second-order valence-electron chi connectivity index (χ2n) is 10.2. The number of hydrogen-bond donors (Lipinski definition) is 1. The Kier molecular flexibility index (Phi) is 8.50. The molecule has 4 rings (SSSR count). The van der Waals surface area contributed by atoms with E-state index in [1.54, 1.807) is 57.2 Å². The summed E-state index contributed by atoms with van der Waals surface area (Å²) < 4.78 is 17.1. The minimum absolute atomic E-state index is 0.203. The molecule has 1 atom stereocenters. The van der Waals surface area contributed by atoms with Gasteiger partial charge in [-0.2, -0.15) is 0 Å². The van der Waals surface area contributed by atoms with Gasteiger partial charge in [0.2, 0.25) is 5.43 Å². The van der Waals surface area contributed by atoms with E-state index >= 15 is 0 Å². The van der Waals surface area contributed by atoms with Crippen LogP contribution in [0.3, 0.4) is 0 Å². The molecular weight excluding hydrogens is 516 g/mol. The smallest absolute Gasteiger partial charge is 0.408 e. The number of nitrogens with one attached hydrogen (secondary N) is 1. The zero-order valence-corrected chi connectivity index (χ0v) is 23.5. The second kappa shape index (κ2) is 11.8. The maximum Gasteiger partial charge on any atom is 0.408 e. The van der Waals surface area contributed by atoms with E-state index in [0.29, 0.717) is 34.2 Å². The van der Waals surface area contributed by atoms with Crippen molar-refractivity contribution in [1.29, 1.82) is 0 Å². The Morgan fingerprint density at radius 3 is 2.54 bits per heavy atom. The van der Waals surface area contributed by atoms with Crippen molar-refractivity contribution in [1.82, 2.24) is 10.3 Å². The lowest BCUT2D eigenvalue weighted by Gasteiger charge is -2.23. The van der Waals surface area contributed by atoms with Crippen LogP contribution in [0, 0.1) is 6.92 Å². The molecule has 0 saturated carbocycles. The number of nitrogens with zero attached hydrogens (tertiary/aromatic N) is 1. The van der Waals surface area contributed by atoms with Gasteiger partial charge in [-0.15, -0.1) is 11.3 Å². The molecule has 1 N–H and O–H groups in total. The molecule has 0 radical (unpaired) electrons. The highest BCUT2D eigenvalue weighted by atomic mass is 32.1. The van der Waals surface area contributed by atoms with E-state index in [0.717, 1.165) is 17.8 Å². The lowest BCUT2D eigenvalue weighted by atomic mass is 10.0. The number of aryl methyl sites for hydroxylation is 2. The van der Waals surface area contributed by atoms with Gasteiger partial charge in [0, 0.05) is 11.4 Å². The first kappa shape index (κ1) is 28.0. The van der Waals surface area contributed by atoms with Gasteiger partial charge in [0.05, 0.1) is 21.7 Å². The Labute approximate surface area is 231 Å². The molecular formula is C30H32N2O6S. The van der Waals surface area contributed by atoms with Crippen molar-refractivity contribution in [2.45, 2.75) is 65.5 Å². The van der Waals surface area contributed by atoms with Gasteiger partial charge in [-0.1, -0.05) is 43.7 Å². The molecule has 0 aliphatic rings. The fourth-order valence-electron chi connectivity index (χ4n) is 4.04. The van der Waals surface area contributed by atoms with Crippen molar-refractivity contribution in [2.75, 3.05) is 0 Å². The van der Waals surface area contributed by atoms with E-state index in [-0.39, 0.29) is 16.8 Å². The number of hydrogen-bond acceptors (Lipinski definition) is 8. The normalized spacial score (nSPS) is 12.2. The lowest BCUT2D eigenvalue weighted by molar-refractivity contribution is -0.137. The number of fused-ring (bicyclic) bond motifs is 1. The van der Waals surface area contributed by atoms with Crippen molar-refractivity contribution >= 4 is 34.4 Å². The highest BCUT2D eigenvalue weighted by molar-refractivity contribution is 7.09. The Bertz CT molecular complexity index is 1530. The summed E-state index contributed by atoms with van der Waals surface area (Å²) >= 11 is 1.46. The first-order valence-corrected chi connectivity index (χ1v) is 13.7. The number of benzene rings is 2. The number of carbonyl (C=O) groups is 2. The van der Waals surface area contributed by atoms with Crippen molar-refractivity contribution < 1.29 is 23.5 Å². The van der Waals surface area contributed by atoms with Crippen LogP contribution in [0.5, 0.6) is 5.75 Å². The van der Waals surface area contributed by atoms with Crippen LogP contribution in [0.1, 0.15) is 62.7 Å². The van der Waals surface area contributed by atoms with Gasteiger partial charge in [-0.3, -0.25) is 4.79 Å². The molecule has 0 unspecified atom stereocenters. The van der Waals surface area contributed by atoms with Gasteiger partial charge in [0.1, 0.15) is 23.2 Å². The maximum absolute atomic E-state index is 13.5. The number of ether oxygens (including phenoxy) is 2. The number of aromatic nitrogens is 1. The monoisotopic (exact) mass is 548 g/mol. The largest absolute Gasteiger partial charge is 0.463 e. The molecule has 2 heterocycles. The van der Waals surface area contributed by atoms with Crippen LogP contribution in [-0.2, 0) is 16.0 Å². The molecule has 2 aromatic heterocycles. The molecule has 2 aromatic carbocycles. The van der Waals surface area contributed by atoms with E-state index in [1.807, 2.05) is 18.4 Å². The molecule has 39 heavy (non-hydrogen) atoms. The van der Waals surface area contributed by atoms with Crippen LogP contribution in [0.15, 0.2) is 63.3 Å². The number of alkyl carbamates (subject to hydrolysis) is 1. The summed E-state index contributed by atoms with van der Waals surface area (Å²) in [4.78, 5) is 43.8. The third-order valence-electron chi connectivity index (χ3n) is 5.89. The molecule has 1 amide bonds. The number of unbranched alkanes of at least 4 members (excludes halogenated alkanes) is 1. The van der Waals surface area contributed by atoms with Crippen LogP contribution < -0.4 is 15.5 Å². The predicted octanol–water partition coefficient (Wildman–Crippen LogP) is 6.74. The number of amides is 1. The third-order valence-corrected chi connectivity index (χ3v) is 6.66. The van der Waals surface area contributed by atoms with E-state index < -0.39 is 23.7 Å². The summed E-state index contributed by atoms with van der Waals surface area (Å²) in [6.45, 7) is 9.16. The summed E-state index contributed by atoms with van der Waals surface area (Å²) in [5.41, 5.74) is 1.52. The minimum atomic E-state index is -1.11. The van der Waals surface area contributed by atoms with E-state index in [2.05, 4.69) is 17.2 Å². The van der Waals surface area contributed by atoms with E-state index in [1.165, 1.54) is 17.6 Å². The molecule has 0 aliphatic carbocycles. The zero-order valence-electron chi connectivity index (χ0n) is 22.7. The van der Waals surface area contributed by atoms with E-state index in [4.69, 9.17) is 13.9 Å². The average Bonchev–Trinajstić information content (AvgIpc) is 3.31. The Hall–Kier alpha value is -3.98.